The molecule has 2 heteroatoms. The molecular formula is C23H25OS+. The molecule has 0 radical (unpaired) electrons. The van der Waals surface area contributed by atoms with Gasteiger partial charge in [0.1, 0.15) is 16.5 Å². The molecule has 0 spiro atoms. The Morgan fingerprint density at radius 1 is 0.680 bits per heavy atom. The summed E-state index contributed by atoms with van der Waals surface area (Å²) in [6, 6.07) is 27.8. The Morgan fingerprint density at radius 3 is 1.68 bits per heavy atom. The van der Waals surface area contributed by atoms with Gasteiger partial charge in [0.2, 0.25) is 4.90 Å². The summed E-state index contributed by atoms with van der Waals surface area (Å²) in [6.45, 7) is 8.48. The Bertz CT molecular complexity index is 780. The van der Waals surface area contributed by atoms with Crippen LogP contribution in [0.1, 0.15) is 26.3 Å². The summed E-state index contributed by atoms with van der Waals surface area (Å²) in [5.74, 6) is 0.975. The SMILES string of the molecule is Cc1cccc(OC(C)(C)C)c1[S+](c1ccccc1)c1ccccc1. The minimum Gasteiger partial charge on any atom is -0.483 e. The van der Waals surface area contributed by atoms with E-state index in [0.29, 0.717) is 0 Å². The first-order chi connectivity index (χ1) is 12.0. The van der Waals surface area contributed by atoms with E-state index < -0.39 is 0 Å². The maximum atomic E-state index is 6.34. The van der Waals surface area contributed by atoms with Gasteiger partial charge in [-0.1, -0.05) is 48.5 Å². The maximum absolute atomic E-state index is 6.34. The highest BCUT2D eigenvalue weighted by atomic mass is 32.2. The molecule has 0 aromatic heterocycles. The van der Waals surface area contributed by atoms with E-state index in [4.69, 9.17) is 4.74 Å². The highest BCUT2D eigenvalue weighted by Gasteiger charge is 2.34. The zero-order valence-corrected chi connectivity index (χ0v) is 16.1. The summed E-state index contributed by atoms with van der Waals surface area (Å²) in [5, 5.41) is 0. The van der Waals surface area contributed by atoms with Crippen LogP contribution in [0.2, 0.25) is 0 Å². The molecule has 1 nitrogen and oxygen atoms in total. The molecule has 0 saturated heterocycles. The molecular weight excluding hydrogens is 324 g/mol. The molecule has 0 heterocycles. The summed E-state index contributed by atoms with van der Waals surface area (Å²) in [7, 11) is -0.197. The topological polar surface area (TPSA) is 9.23 Å². The van der Waals surface area contributed by atoms with Crippen molar-refractivity contribution in [2.24, 2.45) is 0 Å². The van der Waals surface area contributed by atoms with Crippen molar-refractivity contribution in [3.05, 3.63) is 84.4 Å². The molecule has 3 rings (SSSR count). The van der Waals surface area contributed by atoms with Crippen LogP contribution in [0.4, 0.5) is 0 Å². The first-order valence-electron chi connectivity index (χ1n) is 8.59. The molecule has 0 amide bonds. The molecule has 0 N–H and O–H groups in total. The number of rotatable bonds is 4. The van der Waals surface area contributed by atoms with Gasteiger partial charge in [-0.05, 0) is 58.0 Å². The van der Waals surface area contributed by atoms with E-state index >= 15 is 0 Å². The Morgan fingerprint density at radius 2 is 1.20 bits per heavy atom. The van der Waals surface area contributed by atoms with Crippen LogP contribution in [0.15, 0.2) is 93.5 Å². The van der Waals surface area contributed by atoms with Crippen molar-refractivity contribution < 1.29 is 4.74 Å². The maximum Gasteiger partial charge on any atom is 0.211 e. The van der Waals surface area contributed by atoms with Crippen molar-refractivity contribution in [2.45, 2.75) is 48.0 Å². The molecule has 0 atom stereocenters. The van der Waals surface area contributed by atoms with Crippen molar-refractivity contribution >= 4 is 10.9 Å². The lowest BCUT2D eigenvalue weighted by atomic mass is 10.2. The number of ether oxygens (including phenoxy) is 1. The normalized spacial score (nSPS) is 11.6. The smallest absolute Gasteiger partial charge is 0.211 e. The predicted molar refractivity (Wildman–Crippen MR) is 107 cm³/mol. The van der Waals surface area contributed by atoms with Gasteiger partial charge in [-0.2, -0.15) is 0 Å². The van der Waals surface area contributed by atoms with E-state index in [1.807, 2.05) is 0 Å². The summed E-state index contributed by atoms with van der Waals surface area (Å²) >= 11 is 0. The van der Waals surface area contributed by atoms with Gasteiger partial charge in [0.25, 0.3) is 0 Å². The minimum absolute atomic E-state index is 0.197. The first kappa shape index (κ1) is 17.6. The molecule has 0 fully saturated rings. The second-order valence-electron chi connectivity index (χ2n) is 7.05. The fourth-order valence-electron chi connectivity index (χ4n) is 2.78. The quantitative estimate of drug-likeness (QED) is 0.505. The summed E-state index contributed by atoms with van der Waals surface area (Å²) < 4.78 is 6.34. The fourth-order valence-corrected chi connectivity index (χ4v) is 5.09. The van der Waals surface area contributed by atoms with Gasteiger partial charge in [-0.3, -0.25) is 0 Å². The van der Waals surface area contributed by atoms with Gasteiger partial charge in [0.15, 0.2) is 15.5 Å². The van der Waals surface area contributed by atoms with Crippen LogP contribution in [-0.2, 0) is 10.9 Å². The molecule has 0 bridgehead atoms. The largest absolute Gasteiger partial charge is 0.483 e. The zero-order chi connectivity index (χ0) is 17.9. The molecule has 128 valence electrons. The number of hydrogen-bond donors (Lipinski definition) is 0. The van der Waals surface area contributed by atoms with E-state index in [-0.39, 0.29) is 16.5 Å². The molecule has 0 unspecified atom stereocenters. The van der Waals surface area contributed by atoms with Gasteiger partial charge in [-0.15, -0.1) is 0 Å². The van der Waals surface area contributed by atoms with Crippen LogP contribution in [0.25, 0.3) is 0 Å². The third kappa shape index (κ3) is 4.26. The fraction of sp³-hybridized carbons (Fsp3) is 0.217. The van der Waals surface area contributed by atoms with Crippen LogP contribution in [0, 0.1) is 6.92 Å². The van der Waals surface area contributed by atoms with Crippen LogP contribution < -0.4 is 4.74 Å². The lowest BCUT2D eigenvalue weighted by molar-refractivity contribution is 0.126. The van der Waals surface area contributed by atoms with Crippen LogP contribution in [-0.4, -0.2) is 5.60 Å². The molecule has 3 aromatic rings. The second-order valence-corrected chi connectivity index (χ2v) is 9.01. The Kier molecular flexibility index (Phi) is 5.19. The molecule has 0 aliphatic rings. The second kappa shape index (κ2) is 7.37. The molecule has 0 saturated carbocycles. The molecule has 25 heavy (non-hydrogen) atoms. The van der Waals surface area contributed by atoms with E-state index in [1.165, 1.54) is 20.2 Å². The predicted octanol–water partition coefficient (Wildman–Crippen LogP) is 6.27. The van der Waals surface area contributed by atoms with E-state index in [0.717, 1.165) is 5.75 Å². The molecule has 0 aliphatic heterocycles. The highest BCUT2D eigenvalue weighted by molar-refractivity contribution is 7.97. The summed E-state index contributed by atoms with van der Waals surface area (Å²) in [6.07, 6.45) is 0. The minimum atomic E-state index is -0.231. The Hall–Kier alpha value is -2.19. The summed E-state index contributed by atoms with van der Waals surface area (Å²) in [5.41, 5.74) is 1.03. The molecule has 0 aliphatic carbocycles. The third-order valence-corrected chi connectivity index (χ3v) is 6.17. The van der Waals surface area contributed by atoms with E-state index in [1.54, 1.807) is 0 Å². The van der Waals surface area contributed by atoms with Crippen molar-refractivity contribution in [3.8, 4) is 5.75 Å². The van der Waals surface area contributed by atoms with E-state index in [9.17, 15) is 0 Å². The third-order valence-electron chi connectivity index (χ3n) is 3.75. The average Bonchev–Trinajstić information content (AvgIpc) is 2.58. The van der Waals surface area contributed by atoms with Crippen molar-refractivity contribution in [3.63, 3.8) is 0 Å². The van der Waals surface area contributed by atoms with Crippen molar-refractivity contribution in [1.29, 1.82) is 0 Å². The van der Waals surface area contributed by atoms with Crippen LogP contribution in [0.5, 0.6) is 5.75 Å². The monoisotopic (exact) mass is 349 g/mol. The van der Waals surface area contributed by atoms with Gasteiger partial charge in [-0.25, -0.2) is 0 Å². The van der Waals surface area contributed by atoms with Crippen molar-refractivity contribution in [1.82, 2.24) is 0 Å². The summed E-state index contributed by atoms with van der Waals surface area (Å²) in [4.78, 5) is 3.89. The van der Waals surface area contributed by atoms with Gasteiger partial charge >= 0.3 is 0 Å². The Labute approximate surface area is 154 Å². The average molecular weight is 350 g/mol. The number of benzene rings is 3. The lowest BCUT2D eigenvalue weighted by Gasteiger charge is -2.23. The van der Waals surface area contributed by atoms with E-state index in [2.05, 4.69) is 107 Å². The molecule has 3 aromatic carbocycles. The Balaban J connectivity index is 2.21. The van der Waals surface area contributed by atoms with Gasteiger partial charge in [0.05, 0.1) is 0 Å². The van der Waals surface area contributed by atoms with Crippen LogP contribution in [0.3, 0.4) is 0 Å². The van der Waals surface area contributed by atoms with Gasteiger partial charge in [0, 0.05) is 5.56 Å². The number of hydrogen-bond acceptors (Lipinski definition) is 1. The zero-order valence-electron chi connectivity index (χ0n) is 15.3. The lowest BCUT2D eigenvalue weighted by Crippen LogP contribution is -2.24. The van der Waals surface area contributed by atoms with Crippen molar-refractivity contribution in [2.75, 3.05) is 0 Å². The van der Waals surface area contributed by atoms with Crippen LogP contribution >= 0.6 is 0 Å². The van der Waals surface area contributed by atoms with Gasteiger partial charge < -0.3 is 4.74 Å². The standard InChI is InChI=1S/C23H25OS/c1-18-12-11-17-21(24-23(2,3)4)22(18)25(19-13-7-5-8-14-19)20-15-9-6-10-16-20/h5-17H,1-4H3/q+1. The first-order valence-corrected chi connectivity index (χ1v) is 9.81. The highest BCUT2D eigenvalue weighted by Crippen LogP contribution is 2.39. The number of aryl methyl sites for hydroxylation is 1.